The van der Waals surface area contributed by atoms with Crippen LogP contribution in [-0.2, 0) is 20.6 Å². The van der Waals surface area contributed by atoms with Gasteiger partial charge in [0.25, 0.3) is 5.56 Å². The van der Waals surface area contributed by atoms with E-state index in [4.69, 9.17) is 0 Å². The topological polar surface area (TPSA) is 47.2 Å². The monoisotopic (exact) mass is 327 g/mol. The van der Waals surface area contributed by atoms with Crippen LogP contribution >= 0.6 is 0 Å². The summed E-state index contributed by atoms with van der Waals surface area (Å²) >= 11 is 0. The molecule has 0 saturated carbocycles. The molecule has 1 saturated heterocycles. The van der Waals surface area contributed by atoms with Crippen molar-refractivity contribution in [2.24, 2.45) is 14.1 Å². The molecule has 1 aromatic heterocycles. The molecular weight excluding hydrogens is 302 g/mol. The largest absolute Gasteiger partial charge is 0.330 e. The molecule has 0 N–H and O–H groups in total. The van der Waals surface area contributed by atoms with Gasteiger partial charge in [-0.05, 0) is 44.3 Å². The number of benzene rings is 1. The highest BCUT2D eigenvalue weighted by Crippen LogP contribution is 2.28. The molecule has 24 heavy (non-hydrogen) atoms. The first-order valence-corrected chi connectivity index (χ1v) is 8.50. The number of aromatic nitrogens is 2. The van der Waals surface area contributed by atoms with Crippen molar-refractivity contribution in [1.29, 1.82) is 0 Å². The van der Waals surface area contributed by atoms with Crippen LogP contribution in [0.4, 0.5) is 0 Å². The van der Waals surface area contributed by atoms with Crippen LogP contribution in [0.25, 0.3) is 0 Å². The van der Waals surface area contributed by atoms with Crippen LogP contribution in [-0.4, -0.2) is 27.1 Å². The lowest BCUT2D eigenvalue weighted by atomic mass is 9.89. The van der Waals surface area contributed by atoms with Crippen LogP contribution in [0, 0.1) is 6.92 Å². The van der Waals surface area contributed by atoms with Crippen molar-refractivity contribution in [2.45, 2.75) is 32.2 Å². The Morgan fingerprint density at radius 3 is 2.25 bits per heavy atom. The molecule has 0 amide bonds. The summed E-state index contributed by atoms with van der Waals surface area (Å²) in [5, 5.41) is 0. The van der Waals surface area contributed by atoms with Gasteiger partial charge < -0.3 is 0 Å². The fourth-order valence-electron chi connectivity index (χ4n) is 3.42. The van der Waals surface area contributed by atoms with E-state index in [1.807, 2.05) is 0 Å². The molecule has 0 atom stereocenters. The van der Waals surface area contributed by atoms with Crippen LogP contribution < -0.4 is 11.2 Å². The second-order valence-corrected chi connectivity index (χ2v) is 6.84. The van der Waals surface area contributed by atoms with Gasteiger partial charge in [0, 0.05) is 32.4 Å². The normalized spacial score (nSPS) is 16.5. The Kier molecular flexibility index (Phi) is 4.71. The average molecular weight is 327 g/mol. The van der Waals surface area contributed by atoms with Gasteiger partial charge in [-0.1, -0.05) is 29.8 Å². The molecule has 0 bridgehead atoms. The fraction of sp³-hybridized carbons (Fsp3) is 0.474. The first kappa shape index (κ1) is 16.7. The summed E-state index contributed by atoms with van der Waals surface area (Å²) in [6.07, 6.45) is 2.23. The van der Waals surface area contributed by atoms with E-state index in [0.29, 0.717) is 12.5 Å². The quantitative estimate of drug-likeness (QED) is 0.863. The molecule has 1 aromatic carbocycles. The van der Waals surface area contributed by atoms with E-state index >= 15 is 0 Å². The second-order valence-electron chi connectivity index (χ2n) is 6.84. The molecule has 0 radical (unpaired) electrons. The van der Waals surface area contributed by atoms with Crippen molar-refractivity contribution >= 4 is 0 Å². The minimum atomic E-state index is -0.257. The third-order valence-electron chi connectivity index (χ3n) is 5.15. The highest BCUT2D eigenvalue weighted by atomic mass is 16.2. The van der Waals surface area contributed by atoms with Crippen LogP contribution in [0.3, 0.4) is 0 Å². The zero-order chi connectivity index (χ0) is 17.3. The van der Waals surface area contributed by atoms with Crippen LogP contribution in [0.2, 0.25) is 0 Å². The highest BCUT2D eigenvalue weighted by Gasteiger charge is 2.21. The summed E-state index contributed by atoms with van der Waals surface area (Å²) in [4.78, 5) is 26.2. The van der Waals surface area contributed by atoms with Crippen molar-refractivity contribution in [2.75, 3.05) is 13.1 Å². The van der Waals surface area contributed by atoms with Gasteiger partial charge in [-0.15, -0.1) is 0 Å². The lowest BCUT2D eigenvalue weighted by Gasteiger charge is -2.32. The summed E-state index contributed by atoms with van der Waals surface area (Å²) < 4.78 is 2.72. The van der Waals surface area contributed by atoms with Gasteiger partial charge >= 0.3 is 5.69 Å². The molecular formula is C19H25N3O2. The number of aryl methyl sites for hydroxylation is 1. The number of rotatable bonds is 3. The third kappa shape index (κ3) is 3.36. The first-order chi connectivity index (χ1) is 11.5. The third-order valence-corrected chi connectivity index (χ3v) is 5.15. The van der Waals surface area contributed by atoms with E-state index in [-0.39, 0.29) is 11.2 Å². The van der Waals surface area contributed by atoms with E-state index in [2.05, 4.69) is 36.1 Å². The van der Waals surface area contributed by atoms with Crippen molar-refractivity contribution in [3.05, 3.63) is 68.0 Å². The van der Waals surface area contributed by atoms with Gasteiger partial charge in [0.05, 0.1) is 0 Å². The Morgan fingerprint density at radius 1 is 1.00 bits per heavy atom. The van der Waals surface area contributed by atoms with E-state index < -0.39 is 0 Å². The predicted octanol–water partition coefficient (Wildman–Crippen LogP) is 1.77. The van der Waals surface area contributed by atoms with E-state index in [0.717, 1.165) is 36.2 Å². The Morgan fingerprint density at radius 2 is 1.62 bits per heavy atom. The number of hydrogen-bond acceptors (Lipinski definition) is 3. The zero-order valence-corrected chi connectivity index (χ0v) is 14.7. The first-order valence-electron chi connectivity index (χ1n) is 8.50. The molecule has 5 heteroatoms. The Balaban J connectivity index is 1.67. The molecule has 1 aliphatic rings. The lowest BCUT2D eigenvalue weighted by Crippen LogP contribution is -2.40. The summed E-state index contributed by atoms with van der Waals surface area (Å²) in [6, 6.07) is 10.4. The van der Waals surface area contributed by atoms with Gasteiger partial charge in [0.15, 0.2) is 0 Å². The van der Waals surface area contributed by atoms with Gasteiger partial charge in [0.1, 0.15) is 0 Å². The van der Waals surface area contributed by atoms with E-state index in [1.165, 1.54) is 18.2 Å². The number of piperidine rings is 1. The van der Waals surface area contributed by atoms with Crippen molar-refractivity contribution in [1.82, 2.24) is 14.0 Å². The molecule has 5 nitrogen and oxygen atoms in total. The van der Waals surface area contributed by atoms with Crippen LogP contribution in [0.1, 0.15) is 35.6 Å². The summed E-state index contributed by atoms with van der Waals surface area (Å²) in [5.41, 5.74) is 3.01. The van der Waals surface area contributed by atoms with Gasteiger partial charge in [-0.3, -0.25) is 18.8 Å². The molecule has 128 valence electrons. The molecule has 3 rings (SSSR count). The smallest absolute Gasteiger partial charge is 0.299 e. The molecule has 2 aromatic rings. The Bertz CT molecular complexity index is 825. The molecule has 1 fully saturated rings. The van der Waals surface area contributed by atoms with E-state index in [9.17, 15) is 9.59 Å². The minimum absolute atomic E-state index is 0.234. The molecule has 0 unspecified atom stereocenters. The van der Waals surface area contributed by atoms with Gasteiger partial charge in [-0.25, -0.2) is 4.79 Å². The van der Waals surface area contributed by atoms with Crippen molar-refractivity contribution in [3.63, 3.8) is 0 Å². The van der Waals surface area contributed by atoms with Crippen LogP contribution in [0.15, 0.2) is 39.9 Å². The number of hydrogen-bond donors (Lipinski definition) is 0. The average Bonchev–Trinajstić information content (AvgIpc) is 2.59. The predicted molar refractivity (Wildman–Crippen MR) is 95.4 cm³/mol. The van der Waals surface area contributed by atoms with E-state index in [1.54, 1.807) is 17.7 Å². The molecule has 0 spiro atoms. The Hall–Kier alpha value is -2.14. The maximum atomic E-state index is 12.0. The Labute approximate surface area is 142 Å². The summed E-state index contributed by atoms with van der Waals surface area (Å²) in [6.45, 7) is 4.74. The lowest BCUT2D eigenvalue weighted by molar-refractivity contribution is 0.199. The number of nitrogens with zero attached hydrogens (tertiary/aromatic N) is 3. The fourth-order valence-corrected chi connectivity index (χ4v) is 3.42. The second kappa shape index (κ2) is 6.77. The van der Waals surface area contributed by atoms with Gasteiger partial charge in [-0.2, -0.15) is 0 Å². The maximum absolute atomic E-state index is 12.0. The minimum Gasteiger partial charge on any atom is -0.299 e. The van der Waals surface area contributed by atoms with Crippen molar-refractivity contribution in [3.8, 4) is 0 Å². The zero-order valence-electron chi connectivity index (χ0n) is 14.7. The highest BCUT2D eigenvalue weighted by molar-refractivity contribution is 5.25. The molecule has 0 aliphatic carbocycles. The standard InChI is InChI=1S/C19H25N3O2/c1-14-4-6-15(7-5-14)16-8-10-22(11-9-16)13-17-12-18(23)21(3)19(24)20(17)2/h4-7,12,16H,8-11,13H2,1-3H3. The molecule has 1 aliphatic heterocycles. The molecule has 2 heterocycles. The van der Waals surface area contributed by atoms with Crippen molar-refractivity contribution < 1.29 is 0 Å². The van der Waals surface area contributed by atoms with Gasteiger partial charge in [0.2, 0.25) is 0 Å². The number of likely N-dealkylation sites (tertiary alicyclic amines) is 1. The summed E-state index contributed by atoms with van der Waals surface area (Å²) in [7, 11) is 3.25. The maximum Gasteiger partial charge on any atom is 0.330 e. The SMILES string of the molecule is Cc1ccc(C2CCN(Cc3cc(=O)n(C)c(=O)n3C)CC2)cc1. The summed E-state index contributed by atoms with van der Waals surface area (Å²) in [5.74, 6) is 0.606. The van der Waals surface area contributed by atoms with Crippen LogP contribution in [0.5, 0.6) is 0 Å².